The standard InChI is InChI=1S/C11H16N2O/c1-5-13-10(6-9(4)12-13)7-11(14)8(2)3/h6H,2,5,7H2,1,3-4H3. The molecule has 0 radical (unpaired) electrons. The first-order valence-corrected chi connectivity index (χ1v) is 4.76. The number of ketones is 1. The zero-order valence-electron chi connectivity index (χ0n) is 9.00. The van der Waals surface area contributed by atoms with Crippen LogP contribution in [0.4, 0.5) is 0 Å². The van der Waals surface area contributed by atoms with Crippen molar-refractivity contribution in [2.75, 3.05) is 0 Å². The second kappa shape index (κ2) is 4.22. The van der Waals surface area contributed by atoms with E-state index >= 15 is 0 Å². The SMILES string of the molecule is C=C(C)C(=O)Cc1cc(C)nn1CC. The van der Waals surface area contributed by atoms with Crippen LogP contribution in [0.5, 0.6) is 0 Å². The van der Waals surface area contributed by atoms with E-state index in [0.717, 1.165) is 17.9 Å². The van der Waals surface area contributed by atoms with E-state index in [1.807, 2.05) is 24.6 Å². The van der Waals surface area contributed by atoms with Gasteiger partial charge >= 0.3 is 0 Å². The first-order valence-electron chi connectivity index (χ1n) is 4.76. The van der Waals surface area contributed by atoms with Gasteiger partial charge in [-0.2, -0.15) is 5.10 Å². The van der Waals surface area contributed by atoms with Crippen molar-refractivity contribution in [3.63, 3.8) is 0 Å². The Morgan fingerprint density at radius 3 is 2.79 bits per heavy atom. The van der Waals surface area contributed by atoms with Crippen LogP contribution in [0.3, 0.4) is 0 Å². The molecule has 0 fully saturated rings. The Kier molecular flexibility index (Phi) is 3.23. The van der Waals surface area contributed by atoms with Gasteiger partial charge in [0.05, 0.1) is 12.1 Å². The summed E-state index contributed by atoms with van der Waals surface area (Å²) in [5, 5.41) is 4.28. The van der Waals surface area contributed by atoms with Crippen molar-refractivity contribution in [1.29, 1.82) is 0 Å². The molecule has 0 aromatic carbocycles. The monoisotopic (exact) mass is 192 g/mol. The number of hydrogen-bond donors (Lipinski definition) is 0. The number of carbonyl (C=O) groups excluding carboxylic acids is 1. The molecule has 1 aromatic heterocycles. The number of hydrogen-bond acceptors (Lipinski definition) is 2. The molecule has 14 heavy (non-hydrogen) atoms. The fourth-order valence-corrected chi connectivity index (χ4v) is 1.33. The molecule has 76 valence electrons. The first-order chi connectivity index (χ1) is 6.54. The van der Waals surface area contributed by atoms with Gasteiger partial charge in [-0.05, 0) is 32.4 Å². The molecule has 0 atom stereocenters. The minimum atomic E-state index is 0.0830. The molecule has 0 aliphatic rings. The van der Waals surface area contributed by atoms with E-state index < -0.39 is 0 Å². The molecule has 0 aliphatic carbocycles. The zero-order valence-corrected chi connectivity index (χ0v) is 9.00. The number of aryl methyl sites for hydroxylation is 2. The number of rotatable bonds is 4. The molecule has 1 rings (SSSR count). The maximum absolute atomic E-state index is 11.4. The first kappa shape index (κ1) is 10.7. The summed E-state index contributed by atoms with van der Waals surface area (Å²) in [7, 11) is 0. The lowest BCUT2D eigenvalue weighted by Crippen LogP contribution is -2.09. The topological polar surface area (TPSA) is 34.9 Å². The highest BCUT2D eigenvalue weighted by Gasteiger charge is 2.09. The van der Waals surface area contributed by atoms with Crippen LogP contribution in [0.1, 0.15) is 25.2 Å². The zero-order chi connectivity index (χ0) is 10.7. The molecule has 3 nitrogen and oxygen atoms in total. The molecule has 0 amide bonds. The maximum atomic E-state index is 11.4. The molecule has 1 heterocycles. The highest BCUT2D eigenvalue weighted by atomic mass is 16.1. The summed E-state index contributed by atoms with van der Waals surface area (Å²) in [5.74, 6) is 0.0830. The minimum Gasteiger partial charge on any atom is -0.294 e. The maximum Gasteiger partial charge on any atom is 0.163 e. The minimum absolute atomic E-state index is 0.0830. The van der Waals surface area contributed by atoms with Gasteiger partial charge in [0.25, 0.3) is 0 Å². The molecule has 0 aliphatic heterocycles. The van der Waals surface area contributed by atoms with Gasteiger partial charge in [0.15, 0.2) is 5.78 Å². The third-order valence-electron chi connectivity index (χ3n) is 2.10. The van der Waals surface area contributed by atoms with Crippen LogP contribution >= 0.6 is 0 Å². The Bertz CT molecular complexity index is 363. The van der Waals surface area contributed by atoms with Crippen LogP contribution in [-0.4, -0.2) is 15.6 Å². The predicted molar refractivity (Wildman–Crippen MR) is 56.2 cm³/mol. The van der Waals surface area contributed by atoms with E-state index in [1.54, 1.807) is 6.92 Å². The lowest BCUT2D eigenvalue weighted by atomic mass is 10.1. The van der Waals surface area contributed by atoms with E-state index in [0.29, 0.717) is 12.0 Å². The fourth-order valence-electron chi connectivity index (χ4n) is 1.33. The van der Waals surface area contributed by atoms with Crippen molar-refractivity contribution in [2.24, 2.45) is 0 Å². The van der Waals surface area contributed by atoms with E-state index in [4.69, 9.17) is 0 Å². The molecular weight excluding hydrogens is 176 g/mol. The van der Waals surface area contributed by atoms with Gasteiger partial charge in [-0.1, -0.05) is 6.58 Å². The van der Waals surface area contributed by atoms with E-state index in [9.17, 15) is 4.79 Å². The normalized spacial score (nSPS) is 10.2. The number of allylic oxidation sites excluding steroid dienone is 1. The van der Waals surface area contributed by atoms with Gasteiger partial charge in [-0.3, -0.25) is 9.48 Å². The van der Waals surface area contributed by atoms with Crippen molar-refractivity contribution in [1.82, 2.24) is 9.78 Å². The molecule has 0 bridgehead atoms. The number of Topliss-reactive ketones (excluding diaryl/α,β-unsaturated/α-hetero) is 1. The molecule has 0 N–H and O–H groups in total. The lowest BCUT2D eigenvalue weighted by Gasteiger charge is -2.03. The second-order valence-electron chi connectivity index (χ2n) is 3.47. The number of carbonyl (C=O) groups is 1. The number of nitrogens with zero attached hydrogens (tertiary/aromatic N) is 2. The van der Waals surface area contributed by atoms with Gasteiger partial charge in [0.1, 0.15) is 0 Å². The third kappa shape index (κ3) is 2.31. The van der Waals surface area contributed by atoms with Crippen LogP contribution in [0, 0.1) is 6.92 Å². The average molecular weight is 192 g/mol. The Hall–Kier alpha value is -1.38. The Balaban J connectivity index is 2.85. The second-order valence-corrected chi connectivity index (χ2v) is 3.47. The molecule has 3 heteroatoms. The smallest absolute Gasteiger partial charge is 0.163 e. The summed E-state index contributed by atoms with van der Waals surface area (Å²) in [6.45, 7) is 10.1. The summed E-state index contributed by atoms with van der Waals surface area (Å²) in [6, 6.07) is 1.95. The summed E-state index contributed by atoms with van der Waals surface area (Å²) in [4.78, 5) is 11.4. The predicted octanol–water partition coefficient (Wildman–Crippen LogP) is 1.90. The average Bonchev–Trinajstić information content (AvgIpc) is 2.45. The quantitative estimate of drug-likeness (QED) is 0.683. The summed E-state index contributed by atoms with van der Waals surface area (Å²) >= 11 is 0. The number of aromatic nitrogens is 2. The van der Waals surface area contributed by atoms with Crippen LogP contribution in [0.2, 0.25) is 0 Å². The fraction of sp³-hybridized carbons (Fsp3) is 0.455. The van der Waals surface area contributed by atoms with Gasteiger partial charge < -0.3 is 0 Å². The summed E-state index contributed by atoms with van der Waals surface area (Å²) in [6.07, 6.45) is 0.407. The van der Waals surface area contributed by atoms with Crippen LogP contribution in [0.25, 0.3) is 0 Å². The highest BCUT2D eigenvalue weighted by molar-refractivity contribution is 5.95. The summed E-state index contributed by atoms with van der Waals surface area (Å²) in [5.41, 5.74) is 2.53. The van der Waals surface area contributed by atoms with Gasteiger partial charge in [0, 0.05) is 12.2 Å². The molecule has 0 saturated carbocycles. The Morgan fingerprint density at radius 2 is 2.29 bits per heavy atom. The third-order valence-corrected chi connectivity index (χ3v) is 2.10. The largest absolute Gasteiger partial charge is 0.294 e. The van der Waals surface area contributed by atoms with Crippen molar-refractivity contribution in [3.05, 3.63) is 29.6 Å². The van der Waals surface area contributed by atoms with Gasteiger partial charge in [0.2, 0.25) is 0 Å². The lowest BCUT2D eigenvalue weighted by molar-refractivity contribution is -0.115. The van der Waals surface area contributed by atoms with Crippen LogP contribution < -0.4 is 0 Å². The van der Waals surface area contributed by atoms with Crippen molar-refractivity contribution >= 4 is 5.78 Å². The van der Waals surface area contributed by atoms with E-state index in [1.165, 1.54) is 0 Å². The Morgan fingerprint density at radius 1 is 1.64 bits per heavy atom. The summed E-state index contributed by atoms with van der Waals surface area (Å²) < 4.78 is 1.86. The molecule has 0 saturated heterocycles. The van der Waals surface area contributed by atoms with Gasteiger partial charge in [-0.15, -0.1) is 0 Å². The van der Waals surface area contributed by atoms with Crippen LogP contribution in [0.15, 0.2) is 18.2 Å². The van der Waals surface area contributed by atoms with Crippen LogP contribution in [-0.2, 0) is 17.8 Å². The van der Waals surface area contributed by atoms with Crippen molar-refractivity contribution in [2.45, 2.75) is 33.7 Å². The van der Waals surface area contributed by atoms with E-state index in [2.05, 4.69) is 11.7 Å². The van der Waals surface area contributed by atoms with Crippen molar-refractivity contribution < 1.29 is 4.79 Å². The molecular formula is C11H16N2O. The Labute approximate surface area is 84.4 Å². The van der Waals surface area contributed by atoms with Gasteiger partial charge in [-0.25, -0.2) is 0 Å². The highest BCUT2D eigenvalue weighted by Crippen LogP contribution is 2.07. The molecule has 0 unspecified atom stereocenters. The van der Waals surface area contributed by atoms with E-state index in [-0.39, 0.29) is 5.78 Å². The molecule has 0 spiro atoms. The van der Waals surface area contributed by atoms with Crippen molar-refractivity contribution in [3.8, 4) is 0 Å². The molecule has 1 aromatic rings.